The number of hydrogen-bond acceptors (Lipinski definition) is 4. The van der Waals surface area contributed by atoms with Crippen molar-refractivity contribution in [1.29, 1.82) is 0 Å². The van der Waals surface area contributed by atoms with Crippen molar-refractivity contribution in [2.75, 3.05) is 6.54 Å². The van der Waals surface area contributed by atoms with E-state index in [4.69, 9.17) is 0 Å². The van der Waals surface area contributed by atoms with Crippen LogP contribution in [0, 0.1) is 6.92 Å². The lowest BCUT2D eigenvalue weighted by Gasteiger charge is -2.23. The van der Waals surface area contributed by atoms with Crippen LogP contribution >= 0.6 is 0 Å². The summed E-state index contributed by atoms with van der Waals surface area (Å²) in [6, 6.07) is 4.47. The molecule has 3 heterocycles. The zero-order valence-electron chi connectivity index (χ0n) is 10.5. The molecule has 2 aromatic heterocycles. The van der Waals surface area contributed by atoms with Crippen LogP contribution < -0.4 is 0 Å². The second-order valence-corrected chi connectivity index (χ2v) is 4.74. The second-order valence-electron chi connectivity index (χ2n) is 4.74. The number of likely N-dealkylation sites (tertiary alicyclic amines) is 1. The van der Waals surface area contributed by atoms with Gasteiger partial charge in [0.05, 0.1) is 11.7 Å². The summed E-state index contributed by atoms with van der Waals surface area (Å²) in [6.45, 7) is 3.97. The normalized spacial score (nSPS) is 20.4. The molecule has 1 aliphatic heterocycles. The van der Waals surface area contributed by atoms with E-state index in [1.54, 1.807) is 6.20 Å². The number of hydrogen-bond donors (Lipinski definition) is 1. The average molecular weight is 243 g/mol. The summed E-state index contributed by atoms with van der Waals surface area (Å²) < 4.78 is 0. The fraction of sp³-hybridized carbons (Fsp3) is 0.462. The van der Waals surface area contributed by atoms with E-state index in [-0.39, 0.29) is 0 Å². The Morgan fingerprint density at radius 1 is 1.39 bits per heavy atom. The molecule has 0 saturated carbocycles. The van der Waals surface area contributed by atoms with Crippen LogP contribution in [0.4, 0.5) is 0 Å². The maximum Gasteiger partial charge on any atom is 0.125 e. The van der Waals surface area contributed by atoms with Gasteiger partial charge in [0.15, 0.2) is 0 Å². The zero-order chi connectivity index (χ0) is 12.4. The smallest absolute Gasteiger partial charge is 0.125 e. The van der Waals surface area contributed by atoms with Crippen LogP contribution in [0.25, 0.3) is 0 Å². The van der Waals surface area contributed by atoms with Gasteiger partial charge in [-0.15, -0.1) is 0 Å². The average Bonchev–Trinajstić information content (AvgIpc) is 3.01. The summed E-state index contributed by atoms with van der Waals surface area (Å²) in [5.74, 6) is 0.848. The van der Waals surface area contributed by atoms with Crippen molar-refractivity contribution in [2.45, 2.75) is 32.4 Å². The minimum absolute atomic E-state index is 0.412. The lowest BCUT2D eigenvalue weighted by molar-refractivity contribution is 0.241. The molecule has 0 bridgehead atoms. The highest BCUT2D eigenvalue weighted by atomic mass is 15.2. The maximum absolute atomic E-state index is 4.56. The third kappa shape index (κ3) is 2.26. The first-order valence-corrected chi connectivity index (χ1v) is 6.35. The molecule has 1 saturated heterocycles. The van der Waals surface area contributed by atoms with Gasteiger partial charge in [0.2, 0.25) is 0 Å². The van der Waals surface area contributed by atoms with Crippen molar-refractivity contribution in [3.05, 3.63) is 41.7 Å². The molecule has 1 fully saturated rings. The van der Waals surface area contributed by atoms with Crippen molar-refractivity contribution in [2.24, 2.45) is 0 Å². The third-order valence-electron chi connectivity index (χ3n) is 3.43. The van der Waals surface area contributed by atoms with E-state index in [2.05, 4.69) is 25.1 Å². The van der Waals surface area contributed by atoms with E-state index >= 15 is 0 Å². The molecule has 0 spiro atoms. The topological polar surface area (TPSA) is 57.7 Å². The number of aryl methyl sites for hydroxylation is 1. The first-order valence-electron chi connectivity index (χ1n) is 6.35. The minimum Gasteiger partial charge on any atom is -0.289 e. The van der Waals surface area contributed by atoms with E-state index in [1.807, 2.05) is 25.3 Å². The van der Waals surface area contributed by atoms with Gasteiger partial charge in [-0.2, -0.15) is 5.10 Å². The van der Waals surface area contributed by atoms with Gasteiger partial charge < -0.3 is 0 Å². The van der Waals surface area contributed by atoms with Gasteiger partial charge in [0.1, 0.15) is 5.82 Å². The highest BCUT2D eigenvalue weighted by Crippen LogP contribution is 2.31. The van der Waals surface area contributed by atoms with Crippen LogP contribution in [0.5, 0.6) is 0 Å². The van der Waals surface area contributed by atoms with Gasteiger partial charge in [-0.3, -0.25) is 10.00 Å². The molecule has 0 radical (unpaired) electrons. The Bertz CT molecular complexity index is 508. The molecule has 0 aliphatic carbocycles. The van der Waals surface area contributed by atoms with Crippen LogP contribution in [0.3, 0.4) is 0 Å². The van der Waals surface area contributed by atoms with Crippen LogP contribution in [0.2, 0.25) is 0 Å². The van der Waals surface area contributed by atoms with Gasteiger partial charge in [-0.1, -0.05) is 0 Å². The zero-order valence-corrected chi connectivity index (χ0v) is 10.5. The van der Waals surface area contributed by atoms with E-state index < -0.39 is 0 Å². The number of rotatable bonds is 3. The van der Waals surface area contributed by atoms with E-state index in [0.717, 1.165) is 30.3 Å². The Labute approximate surface area is 106 Å². The summed E-state index contributed by atoms with van der Waals surface area (Å²) in [5, 5.41) is 7.02. The standard InChI is InChI=1S/C13H17N5/c1-10-14-6-5-12(16-10)13-3-2-8-18(13)9-11-4-7-15-17-11/h4-7,13H,2-3,8-9H2,1H3,(H,15,17). The van der Waals surface area contributed by atoms with Gasteiger partial charge >= 0.3 is 0 Å². The first kappa shape index (κ1) is 11.3. The molecule has 1 N–H and O–H groups in total. The van der Waals surface area contributed by atoms with Gasteiger partial charge in [-0.25, -0.2) is 9.97 Å². The van der Waals surface area contributed by atoms with Crippen molar-refractivity contribution < 1.29 is 0 Å². The molecule has 0 aromatic carbocycles. The molecule has 2 aromatic rings. The fourth-order valence-electron chi connectivity index (χ4n) is 2.60. The maximum atomic E-state index is 4.56. The number of H-pyrrole nitrogens is 1. The Hall–Kier alpha value is -1.75. The lowest BCUT2D eigenvalue weighted by atomic mass is 10.1. The van der Waals surface area contributed by atoms with Crippen LogP contribution in [0.15, 0.2) is 24.5 Å². The highest BCUT2D eigenvalue weighted by molar-refractivity contribution is 5.10. The Balaban J connectivity index is 1.79. The van der Waals surface area contributed by atoms with E-state index in [0.29, 0.717) is 6.04 Å². The number of nitrogens with zero attached hydrogens (tertiary/aromatic N) is 4. The molecule has 18 heavy (non-hydrogen) atoms. The minimum atomic E-state index is 0.412. The van der Waals surface area contributed by atoms with Crippen molar-refractivity contribution in [3.63, 3.8) is 0 Å². The molecule has 5 nitrogen and oxygen atoms in total. The monoisotopic (exact) mass is 243 g/mol. The summed E-state index contributed by atoms with van der Waals surface area (Å²) in [5.41, 5.74) is 2.30. The quantitative estimate of drug-likeness (QED) is 0.893. The largest absolute Gasteiger partial charge is 0.289 e. The summed E-state index contributed by atoms with van der Waals surface area (Å²) in [7, 11) is 0. The molecule has 1 unspecified atom stereocenters. The van der Waals surface area contributed by atoms with Gasteiger partial charge in [0, 0.05) is 24.6 Å². The lowest BCUT2D eigenvalue weighted by Crippen LogP contribution is -2.23. The molecule has 94 valence electrons. The molecule has 5 heteroatoms. The molecule has 0 amide bonds. The Morgan fingerprint density at radius 2 is 2.33 bits per heavy atom. The van der Waals surface area contributed by atoms with Crippen molar-refractivity contribution in [3.8, 4) is 0 Å². The van der Waals surface area contributed by atoms with Crippen LogP contribution in [-0.2, 0) is 6.54 Å². The van der Waals surface area contributed by atoms with Gasteiger partial charge in [0.25, 0.3) is 0 Å². The predicted molar refractivity (Wildman–Crippen MR) is 67.7 cm³/mol. The number of nitrogens with one attached hydrogen (secondary N) is 1. The van der Waals surface area contributed by atoms with Crippen LogP contribution in [-0.4, -0.2) is 31.6 Å². The SMILES string of the molecule is Cc1nccc(C2CCCN2Cc2ccn[nH]2)n1. The van der Waals surface area contributed by atoms with Crippen molar-refractivity contribution in [1.82, 2.24) is 25.1 Å². The highest BCUT2D eigenvalue weighted by Gasteiger charge is 2.27. The van der Waals surface area contributed by atoms with E-state index in [9.17, 15) is 0 Å². The first-order chi connectivity index (χ1) is 8.83. The fourth-order valence-corrected chi connectivity index (χ4v) is 2.60. The molecule has 3 rings (SSSR count). The number of aromatic amines is 1. The van der Waals surface area contributed by atoms with Crippen molar-refractivity contribution >= 4 is 0 Å². The second kappa shape index (κ2) is 4.86. The Morgan fingerprint density at radius 3 is 3.11 bits per heavy atom. The molecule has 1 aliphatic rings. The summed E-state index contributed by atoms with van der Waals surface area (Å²) in [6.07, 6.45) is 6.05. The van der Waals surface area contributed by atoms with E-state index in [1.165, 1.54) is 12.8 Å². The predicted octanol–water partition coefficient (Wildman–Crippen LogP) is 1.85. The molecular formula is C13H17N5. The molecule has 1 atom stereocenters. The van der Waals surface area contributed by atoms with Crippen LogP contribution in [0.1, 0.15) is 36.1 Å². The third-order valence-corrected chi connectivity index (χ3v) is 3.43. The van der Waals surface area contributed by atoms with Gasteiger partial charge in [-0.05, 0) is 38.4 Å². The Kier molecular flexibility index (Phi) is 3.06. The molecular weight excluding hydrogens is 226 g/mol. The number of aromatic nitrogens is 4. The summed E-state index contributed by atoms with van der Waals surface area (Å²) in [4.78, 5) is 11.2. The summed E-state index contributed by atoms with van der Waals surface area (Å²) >= 11 is 0.